The van der Waals surface area contributed by atoms with E-state index in [0.717, 1.165) is 35.6 Å². The lowest BCUT2D eigenvalue weighted by atomic mass is 10.1. The van der Waals surface area contributed by atoms with Crippen LogP contribution >= 0.6 is 0 Å². The average Bonchev–Trinajstić information content (AvgIpc) is 3.24. The maximum Gasteiger partial charge on any atom is 0.152 e. The van der Waals surface area contributed by atoms with E-state index in [1.54, 1.807) is 7.11 Å². The van der Waals surface area contributed by atoms with Crippen LogP contribution in [-0.2, 0) is 4.74 Å². The molecule has 1 aliphatic carbocycles. The van der Waals surface area contributed by atoms with E-state index in [2.05, 4.69) is 24.0 Å². The number of methoxy groups -OCH3 is 1. The maximum atomic E-state index is 11.3. The number of carbonyl (C=O) groups is 1. The molecule has 1 saturated carbocycles. The highest BCUT2D eigenvalue weighted by Crippen LogP contribution is 2.37. The zero-order valence-corrected chi connectivity index (χ0v) is 12.1. The van der Waals surface area contributed by atoms with Crippen LogP contribution in [0.4, 0.5) is 5.69 Å². The second kappa shape index (κ2) is 6.20. The van der Waals surface area contributed by atoms with E-state index in [1.807, 2.05) is 13.0 Å². The largest absolute Gasteiger partial charge is 0.383 e. The van der Waals surface area contributed by atoms with E-state index in [-0.39, 0.29) is 0 Å². The monoisotopic (exact) mass is 261 g/mol. The van der Waals surface area contributed by atoms with E-state index in [0.29, 0.717) is 12.6 Å². The Morgan fingerprint density at radius 1 is 1.47 bits per heavy atom. The predicted molar refractivity (Wildman–Crippen MR) is 78.0 cm³/mol. The first kappa shape index (κ1) is 14.1. The molecule has 0 saturated heterocycles. The molecule has 1 aliphatic rings. The topological polar surface area (TPSA) is 29.5 Å². The van der Waals surface area contributed by atoms with Crippen molar-refractivity contribution in [2.75, 3.05) is 25.2 Å². The number of hydrogen-bond acceptors (Lipinski definition) is 3. The molecule has 1 unspecified atom stereocenters. The van der Waals surface area contributed by atoms with Gasteiger partial charge in [0.1, 0.15) is 0 Å². The number of benzene rings is 1. The zero-order valence-electron chi connectivity index (χ0n) is 12.1. The van der Waals surface area contributed by atoms with E-state index in [4.69, 9.17) is 4.74 Å². The summed E-state index contributed by atoms with van der Waals surface area (Å²) in [5.74, 6) is 0.762. The summed E-state index contributed by atoms with van der Waals surface area (Å²) >= 11 is 0. The molecule has 2 rings (SSSR count). The third-order valence-corrected chi connectivity index (χ3v) is 3.95. The fourth-order valence-electron chi connectivity index (χ4n) is 2.60. The van der Waals surface area contributed by atoms with Gasteiger partial charge in [0.2, 0.25) is 0 Å². The Hall–Kier alpha value is -1.35. The quantitative estimate of drug-likeness (QED) is 0.706. The summed E-state index contributed by atoms with van der Waals surface area (Å²) in [5.41, 5.74) is 2.94. The molecule has 0 spiro atoms. The molecule has 19 heavy (non-hydrogen) atoms. The molecule has 3 heteroatoms. The SMILES string of the molecule is COCCN(c1ccc(C)cc1C=O)C(C)C1CC1. The van der Waals surface area contributed by atoms with Crippen LogP contribution in [0, 0.1) is 12.8 Å². The van der Waals surface area contributed by atoms with Gasteiger partial charge < -0.3 is 9.64 Å². The van der Waals surface area contributed by atoms with Crippen LogP contribution in [0.2, 0.25) is 0 Å². The van der Waals surface area contributed by atoms with Crippen LogP contribution in [0.25, 0.3) is 0 Å². The van der Waals surface area contributed by atoms with E-state index < -0.39 is 0 Å². The van der Waals surface area contributed by atoms with Crippen LogP contribution in [0.15, 0.2) is 18.2 Å². The molecule has 0 bridgehead atoms. The van der Waals surface area contributed by atoms with Gasteiger partial charge in [-0.15, -0.1) is 0 Å². The Bertz CT molecular complexity index is 440. The van der Waals surface area contributed by atoms with Gasteiger partial charge in [-0.05, 0) is 44.7 Å². The van der Waals surface area contributed by atoms with Crippen molar-refractivity contribution in [3.63, 3.8) is 0 Å². The molecule has 1 aromatic carbocycles. The van der Waals surface area contributed by atoms with Gasteiger partial charge >= 0.3 is 0 Å². The molecule has 1 aromatic rings. The molecule has 104 valence electrons. The fourth-order valence-corrected chi connectivity index (χ4v) is 2.60. The van der Waals surface area contributed by atoms with Gasteiger partial charge in [-0.3, -0.25) is 4.79 Å². The third-order valence-electron chi connectivity index (χ3n) is 3.95. The van der Waals surface area contributed by atoms with Crippen molar-refractivity contribution >= 4 is 12.0 Å². The lowest BCUT2D eigenvalue weighted by molar-refractivity contribution is 0.112. The molecular formula is C16H23NO2. The van der Waals surface area contributed by atoms with Gasteiger partial charge in [0.05, 0.1) is 6.61 Å². The van der Waals surface area contributed by atoms with Gasteiger partial charge in [0.25, 0.3) is 0 Å². The average molecular weight is 261 g/mol. The number of hydrogen-bond donors (Lipinski definition) is 0. The number of aldehydes is 1. The maximum absolute atomic E-state index is 11.3. The normalized spacial score (nSPS) is 16.2. The Labute approximate surface area is 115 Å². The highest BCUT2D eigenvalue weighted by molar-refractivity contribution is 5.85. The molecule has 0 N–H and O–H groups in total. The molecule has 0 amide bonds. The summed E-state index contributed by atoms with van der Waals surface area (Å²) in [6.45, 7) is 5.78. The summed E-state index contributed by atoms with van der Waals surface area (Å²) in [7, 11) is 1.72. The first-order valence-electron chi connectivity index (χ1n) is 6.98. The van der Waals surface area contributed by atoms with Gasteiger partial charge in [-0.25, -0.2) is 0 Å². The second-order valence-electron chi connectivity index (χ2n) is 5.44. The molecule has 0 heterocycles. The standard InChI is InChI=1S/C16H23NO2/c1-12-4-7-16(15(10-12)11-18)17(8-9-19-3)13(2)14-5-6-14/h4,7,10-11,13-14H,5-6,8-9H2,1-3H3. The highest BCUT2D eigenvalue weighted by Gasteiger charge is 2.32. The van der Waals surface area contributed by atoms with Crippen LogP contribution < -0.4 is 4.90 Å². The first-order chi connectivity index (χ1) is 9.17. The van der Waals surface area contributed by atoms with Crippen molar-refractivity contribution < 1.29 is 9.53 Å². The minimum absolute atomic E-state index is 0.469. The van der Waals surface area contributed by atoms with Gasteiger partial charge in [-0.2, -0.15) is 0 Å². The summed E-state index contributed by atoms with van der Waals surface area (Å²) in [4.78, 5) is 13.6. The number of rotatable bonds is 7. The molecule has 0 radical (unpaired) electrons. The number of aryl methyl sites for hydroxylation is 1. The molecule has 3 nitrogen and oxygen atoms in total. The lowest BCUT2D eigenvalue weighted by Gasteiger charge is -2.32. The van der Waals surface area contributed by atoms with Crippen molar-refractivity contribution in [2.45, 2.75) is 32.7 Å². The van der Waals surface area contributed by atoms with Gasteiger partial charge in [0.15, 0.2) is 6.29 Å². The third kappa shape index (κ3) is 3.35. The summed E-state index contributed by atoms with van der Waals surface area (Å²) in [6, 6.07) is 6.56. The summed E-state index contributed by atoms with van der Waals surface area (Å²) in [5, 5.41) is 0. The summed E-state index contributed by atoms with van der Waals surface area (Å²) < 4.78 is 5.21. The Morgan fingerprint density at radius 3 is 2.79 bits per heavy atom. The number of ether oxygens (including phenoxy) is 1. The van der Waals surface area contributed by atoms with Crippen LogP contribution in [0.5, 0.6) is 0 Å². The number of anilines is 1. The second-order valence-corrected chi connectivity index (χ2v) is 5.44. The smallest absolute Gasteiger partial charge is 0.152 e. The van der Waals surface area contributed by atoms with Crippen LogP contribution in [0.3, 0.4) is 0 Å². The fraction of sp³-hybridized carbons (Fsp3) is 0.562. The minimum atomic E-state index is 0.469. The molecule has 0 aliphatic heterocycles. The van der Waals surface area contributed by atoms with Gasteiger partial charge in [-0.1, -0.05) is 11.6 Å². The van der Waals surface area contributed by atoms with Crippen molar-refractivity contribution in [1.29, 1.82) is 0 Å². The van der Waals surface area contributed by atoms with Crippen molar-refractivity contribution in [3.8, 4) is 0 Å². The Kier molecular flexibility index (Phi) is 4.59. The summed E-state index contributed by atoms with van der Waals surface area (Å²) in [6.07, 6.45) is 3.56. The van der Waals surface area contributed by atoms with Gasteiger partial charge in [0, 0.05) is 30.9 Å². The lowest BCUT2D eigenvalue weighted by Crippen LogP contribution is -2.37. The molecular weight excluding hydrogens is 238 g/mol. The zero-order chi connectivity index (χ0) is 13.8. The predicted octanol–water partition coefficient (Wildman–Crippen LogP) is 3.06. The molecule has 1 fully saturated rings. The minimum Gasteiger partial charge on any atom is -0.383 e. The molecule has 1 atom stereocenters. The first-order valence-corrected chi connectivity index (χ1v) is 6.98. The number of nitrogens with zero attached hydrogens (tertiary/aromatic N) is 1. The van der Waals surface area contributed by atoms with Crippen molar-refractivity contribution in [3.05, 3.63) is 29.3 Å². The van der Waals surface area contributed by atoms with Crippen LogP contribution in [-0.4, -0.2) is 32.6 Å². The highest BCUT2D eigenvalue weighted by atomic mass is 16.5. The Morgan fingerprint density at radius 2 is 2.21 bits per heavy atom. The number of carbonyl (C=O) groups excluding carboxylic acids is 1. The molecule has 0 aromatic heterocycles. The van der Waals surface area contributed by atoms with E-state index in [1.165, 1.54) is 12.8 Å². The Balaban J connectivity index is 2.27. The van der Waals surface area contributed by atoms with Crippen molar-refractivity contribution in [2.24, 2.45) is 5.92 Å². The van der Waals surface area contributed by atoms with Crippen LogP contribution in [0.1, 0.15) is 35.7 Å². The van der Waals surface area contributed by atoms with E-state index >= 15 is 0 Å². The van der Waals surface area contributed by atoms with E-state index in [9.17, 15) is 4.79 Å². The van der Waals surface area contributed by atoms with Crippen molar-refractivity contribution in [1.82, 2.24) is 0 Å².